The molecule has 0 radical (unpaired) electrons. The standard InChI is InChI=1S/C19H13Cl2NO4S/c20-15-6-5-11(7-16(15)21)13-8-17-18(26-10-25-17)9-14(13)12-3-1-2-4-19(12)27(22,23)24/h1-9H,10H2,(H2,22,23,24). The number of halogens is 2. The van der Waals surface area contributed by atoms with E-state index < -0.39 is 10.0 Å². The second-order valence-corrected chi connectivity index (χ2v) is 8.27. The third-order valence-electron chi connectivity index (χ3n) is 4.23. The number of sulfonamides is 1. The van der Waals surface area contributed by atoms with Crippen LogP contribution in [0, 0.1) is 0 Å². The van der Waals surface area contributed by atoms with Gasteiger partial charge in [0.15, 0.2) is 11.5 Å². The summed E-state index contributed by atoms with van der Waals surface area (Å²) in [6.45, 7) is 0.0937. The molecule has 1 aliphatic heterocycles. The predicted octanol–water partition coefficient (Wildman–Crippen LogP) is 4.70. The van der Waals surface area contributed by atoms with Crippen molar-refractivity contribution >= 4 is 33.2 Å². The average Bonchev–Trinajstić information content (AvgIpc) is 3.10. The summed E-state index contributed by atoms with van der Waals surface area (Å²) in [6.07, 6.45) is 0. The van der Waals surface area contributed by atoms with Crippen LogP contribution in [0.3, 0.4) is 0 Å². The topological polar surface area (TPSA) is 78.6 Å². The Morgan fingerprint density at radius 1 is 0.815 bits per heavy atom. The molecule has 0 spiro atoms. The van der Waals surface area contributed by atoms with Crippen LogP contribution in [0.25, 0.3) is 22.3 Å². The number of hydrogen-bond donors (Lipinski definition) is 1. The van der Waals surface area contributed by atoms with E-state index in [-0.39, 0.29) is 11.7 Å². The number of hydrogen-bond acceptors (Lipinski definition) is 4. The Morgan fingerprint density at radius 3 is 2.15 bits per heavy atom. The summed E-state index contributed by atoms with van der Waals surface area (Å²) >= 11 is 12.2. The molecule has 0 saturated heterocycles. The van der Waals surface area contributed by atoms with E-state index in [2.05, 4.69) is 0 Å². The van der Waals surface area contributed by atoms with Crippen LogP contribution in [0.5, 0.6) is 11.5 Å². The minimum absolute atomic E-state index is 0.0187. The molecule has 0 bridgehead atoms. The molecule has 138 valence electrons. The van der Waals surface area contributed by atoms with Gasteiger partial charge < -0.3 is 9.47 Å². The zero-order chi connectivity index (χ0) is 19.2. The Balaban J connectivity index is 2.03. The number of primary sulfonamides is 1. The maximum absolute atomic E-state index is 12.1. The summed E-state index contributed by atoms with van der Waals surface area (Å²) in [5.74, 6) is 1.09. The molecule has 2 N–H and O–H groups in total. The van der Waals surface area contributed by atoms with Crippen molar-refractivity contribution in [3.63, 3.8) is 0 Å². The van der Waals surface area contributed by atoms with E-state index in [0.29, 0.717) is 38.2 Å². The van der Waals surface area contributed by atoms with E-state index in [4.69, 9.17) is 37.8 Å². The van der Waals surface area contributed by atoms with E-state index in [0.717, 1.165) is 5.56 Å². The van der Waals surface area contributed by atoms with Crippen LogP contribution in [0.15, 0.2) is 59.5 Å². The molecule has 27 heavy (non-hydrogen) atoms. The molecule has 0 saturated carbocycles. The van der Waals surface area contributed by atoms with Gasteiger partial charge in [-0.2, -0.15) is 0 Å². The van der Waals surface area contributed by atoms with Gasteiger partial charge in [-0.25, -0.2) is 13.6 Å². The van der Waals surface area contributed by atoms with Gasteiger partial charge >= 0.3 is 0 Å². The third-order valence-corrected chi connectivity index (χ3v) is 5.94. The van der Waals surface area contributed by atoms with Crippen LogP contribution in [0.2, 0.25) is 10.0 Å². The van der Waals surface area contributed by atoms with Crippen molar-refractivity contribution in [1.29, 1.82) is 0 Å². The fraction of sp³-hybridized carbons (Fsp3) is 0.0526. The lowest BCUT2D eigenvalue weighted by Gasteiger charge is -2.15. The Morgan fingerprint density at radius 2 is 1.48 bits per heavy atom. The highest BCUT2D eigenvalue weighted by atomic mass is 35.5. The minimum atomic E-state index is -3.93. The van der Waals surface area contributed by atoms with Crippen LogP contribution in [-0.2, 0) is 10.0 Å². The number of nitrogens with two attached hydrogens (primary N) is 1. The molecule has 0 atom stereocenters. The zero-order valence-electron chi connectivity index (χ0n) is 13.8. The Kier molecular flexibility index (Phi) is 4.52. The highest BCUT2D eigenvalue weighted by Crippen LogP contribution is 2.45. The maximum Gasteiger partial charge on any atom is 0.238 e. The molecular formula is C19H13Cl2NO4S. The third kappa shape index (κ3) is 3.37. The first-order valence-corrected chi connectivity index (χ1v) is 10.2. The Bertz CT molecular complexity index is 1160. The van der Waals surface area contributed by atoms with Gasteiger partial charge in [0, 0.05) is 5.56 Å². The minimum Gasteiger partial charge on any atom is -0.454 e. The summed E-state index contributed by atoms with van der Waals surface area (Å²) in [6, 6.07) is 15.2. The Hall–Kier alpha value is -2.25. The van der Waals surface area contributed by atoms with Gasteiger partial charge in [-0.3, -0.25) is 0 Å². The molecular weight excluding hydrogens is 409 g/mol. The van der Waals surface area contributed by atoms with Gasteiger partial charge in [0.1, 0.15) is 0 Å². The molecule has 1 aliphatic rings. The fourth-order valence-corrected chi connectivity index (χ4v) is 4.06. The highest BCUT2D eigenvalue weighted by Gasteiger charge is 2.23. The SMILES string of the molecule is NS(=O)(=O)c1ccccc1-c1cc2c(cc1-c1ccc(Cl)c(Cl)c1)OCO2. The first-order valence-electron chi connectivity index (χ1n) is 7.86. The van der Waals surface area contributed by atoms with Gasteiger partial charge in [0.2, 0.25) is 16.8 Å². The van der Waals surface area contributed by atoms with E-state index >= 15 is 0 Å². The molecule has 3 aromatic rings. The lowest BCUT2D eigenvalue weighted by Crippen LogP contribution is -2.13. The molecule has 0 aliphatic carbocycles. The van der Waals surface area contributed by atoms with Crippen LogP contribution in [-0.4, -0.2) is 15.2 Å². The number of rotatable bonds is 3. The zero-order valence-corrected chi connectivity index (χ0v) is 16.1. The quantitative estimate of drug-likeness (QED) is 0.664. The normalized spacial score (nSPS) is 13.0. The van der Waals surface area contributed by atoms with E-state index in [9.17, 15) is 8.42 Å². The summed E-state index contributed by atoms with van der Waals surface area (Å²) in [5.41, 5.74) is 2.55. The van der Waals surface area contributed by atoms with Gasteiger partial charge in [-0.1, -0.05) is 47.5 Å². The number of benzene rings is 3. The largest absolute Gasteiger partial charge is 0.454 e. The number of fused-ring (bicyclic) bond motifs is 1. The number of ether oxygens (including phenoxy) is 2. The Labute approximate surface area is 166 Å². The molecule has 0 unspecified atom stereocenters. The summed E-state index contributed by atoms with van der Waals surface area (Å²) in [5, 5.41) is 6.23. The van der Waals surface area contributed by atoms with E-state index in [1.807, 2.05) is 0 Å². The van der Waals surface area contributed by atoms with Gasteiger partial charge in [0.25, 0.3) is 0 Å². The molecule has 5 nitrogen and oxygen atoms in total. The molecule has 8 heteroatoms. The van der Waals surface area contributed by atoms with Crippen molar-refractivity contribution in [1.82, 2.24) is 0 Å². The summed E-state index contributed by atoms with van der Waals surface area (Å²) < 4.78 is 35.1. The summed E-state index contributed by atoms with van der Waals surface area (Å²) in [4.78, 5) is 0.0187. The van der Waals surface area contributed by atoms with Crippen molar-refractivity contribution in [3.05, 3.63) is 64.6 Å². The second-order valence-electron chi connectivity index (χ2n) is 5.92. The van der Waals surface area contributed by atoms with Gasteiger partial charge in [-0.05, 0) is 47.0 Å². The first-order chi connectivity index (χ1) is 12.8. The van der Waals surface area contributed by atoms with Crippen molar-refractivity contribution in [2.45, 2.75) is 4.90 Å². The smallest absolute Gasteiger partial charge is 0.238 e. The lowest BCUT2D eigenvalue weighted by molar-refractivity contribution is 0.174. The monoisotopic (exact) mass is 421 g/mol. The molecule has 0 fully saturated rings. The van der Waals surface area contributed by atoms with Gasteiger partial charge in [0.05, 0.1) is 14.9 Å². The van der Waals surface area contributed by atoms with Crippen molar-refractivity contribution in [3.8, 4) is 33.8 Å². The first kappa shape index (κ1) is 18.1. The van der Waals surface area contributed by atoms with E-state index in [1.54, 1.807) is 48.5 Å². The second kappa shape index (κ2) is 6.73. The molecule has 1 heterocycles. The highest BCUT2D eigenvalue weighted by molar-refractivity contribution is 7.89. The lowest BCUT2D eigenvalue weighted by atomic mass is 9.94. The van der Waals surface area contributed by atoms with Crippen LogP contribution < -0.4 is 14.6 Å². The molecule has 4 rings (SSSR count). The van der Waals surface area contributed by atoms with Crippen LogP contribution >= 0.6 is 23.2 Å². The molecule has 0 aromatic heterocycles. The summed E-state index contributed by atoms with van der Waals surface area (Å²) in [7, 11) is -3.93. The van der Waals surface area contributed by atoms with Crippen LogP contribution in [0.1, 0.15) is 0 Å². The maximum atomic E-state index is 12.1. The van der Waals surface area contributed by atoms with Crippen molar-refractivity contribution < 1.29 is 17.9 Å². The van der Waals surface area contributed by atoms with Crippen LogP contribution in [0.4, 0.5) is 0 Å². The molecule has 0 amide bonds. The van der Waals surface area contributed by atoms with Gasteiger partial charge in [-0.15, -0.1) is 0 Å². The van der Waals surface area contributed by atoms with Crippen molar-refractivity contribution in [2.24, 2.45) is 5.14 Å². The van der Waals surface area contributed by atoms with E-state index in [1.165, 1.54) is 6.07 Å². The fourth-order valence-electron chi connectivity index (χ4n) is 3.00. The predicted molar refractivity (Wildman–Crippen MR) is 105 cm³/mol. The average molecular weight is 422 g/mol. The van der Waals surface area contributed by atoms with Crippen molar-refractivity contribution in [2.75, 3.05) is 6.79 Å². The molecule has 3 aromatic carbocycles.